The highest BCUT2D eigenvalue weighted by Gasteiger charge is 2.13. The van der Waals surface area contributed by atoms with Gasteiger partial charge in [-0.3, -0.25) is 9.78 Å². The molecule has 0 radical (unpaired) electrons. The monoisotopic (exact) mass is 238 g/mol. The topological polar surface area (TPSA) is 69.9 Å². The van der Waals surface area contributed by atoms with Gasteiger partial charge in [-0.05, 0) is 24.3 Å². The highest BCUT2D eigenvalue weighted by atomic mass is 16.2. The Labute approximate surface area is 104 Å². The molecule has 0 aromatic carbocycles. The molecule has 0 fully saturated rings. The van der Waals surface area contributed by atoms with Crippen molar-refractivity contribution < 1.29 is 4.79 Å². The number of carbonyl (C=O) groups is 1. The first-order chi connectivity index (χ1) is 8.72. The first kappa shape index (κ1) is 11.7. The van der Waals surface area contributed by atoms with Crippen molar-refractivity contribution in [2.75, 3.05) is 11.9 Å². The molecule has 0 aliphatic rings. The predicted octanol–water partition coefficient (Wildman–Crippen LogP) is 1.62. The van der Waals surface area contributed by atoms with Crippen molar-refractivity contribution in [1.82, 2.24) is 9.97 Å². The highest BCUT2D eigenvalue weighted by molar-refractivity contribution is 6.05. The molecule has 0 bridgehead atoms. The molecule has 0 N–H and O–H groups in total. The van der Waals surface area contributed by atoms with Gasteiger partial charge in [0.1, 0.15) is 11.8 Å². The second-order valence-electron chi connectivity index (χ2n) is 3.62. The number of nitriles is 1. The second-order valence-corrected chi connectivity index (χ2v) is 3.62. The molecule has 2 heterocycles. The second kappa shape index (κ2) is 5.06. The zero-order chi connectivity index (χ0) is 13.0. The van der Waals surface area contributed by atoms with E-state index in [0.717, 1.165) is 0 Å². The number of hydrogen-bond acceptors (Lipinski definition) is 4. The Morgan fingerprint density at radius 3 is 2.72 bits per heavy atom. The summed E-state index contributed by atoms with van der Waals surface area (Å²) in [5, 5.41) is 8.64. The van der Waals surface area contributed by atoms with E-state index >= 15 is 0 Å². The van der Waals surface area contributed by atoms with Gasteiger partial charge in [-0.1, -0.05) is 0 Å². The van der Waals surface area contributed by atoms with Crippen LogP contribution in [0.1, 0.15) is 16.1 Å². The molecule has 18 heavy (non-hydrogen) atoms. The van der Waals surface area contributed by atoms with Crippen LogP contribution in [0.2, 0.25) is 0 Å². The lowest BCUT2D eigenvalue weighted by atomic mass is 10.2. The van der Waals surface area contributed by atoms with Gasteiger partial charge in [0.15, 0.2) is 0 Å². The molecule has 2 aromatic heterocycles. The van der Waals surface area contributed by atoms with Crippen LogP contribution in [0.5, 0.6) is 0 Å². The fourth-order valence-electron chi connectivity index (χ4n) is 1.45. The maximum Gasteiger partial charge on any atom is 0.259 e. The summed E-state index contributed by atoms with van der Waals surface area (Å²) < 4.78 is 0. The number of hydrogen-bond donors (Lipinski definition) is 0. The summed E-state index contributed by atoms with van der Waals surface area (Å²) >= 11 is 0. The summed E-state index contributed by atoms with van der Waals surface area (Å²) in [6, 6.07) is 8.56. The van der Waals surface area contributed by atoms with E-state index in [4.69, 9.17) is 5.26 Å². The van der Waals surface area contributed by atoms with Crippen molar-refractivity contribution in [2.24, 2.45) is 0 Å². The van der Waals surface area contributed by atoms with Gasteiger partial charge >= 0.3 is 0 Å². The first-order valence-corrected chi connectivity index (χ1v) is 5.26. The van der Waals surface area contributed by atoms with Gasteiger partial charge in [0.05, 0.1) is 17.4 Å². The molecule has 0 saturated carbocycles. The van der Waals surface area contributed by atoms with E-state index in [9.17, 15) is 4.79 Å². The van der Waals surface area contributed by atoms with E-state index in [1.807, 2.05) is 6.07 Å². The molecule has 1 amide bonds. The summed E-state index contributed by atoms with van der Waals surface area (Å²) in [7, 11) is 1.66. The SMILES string of the molecule is CN(C(=O)c1ccc(C#N)nc1)c1cccnc1. The van der Waals surface area contributed by atoms with E-state index in [-0.39, 0.29) is 11.6 Å². The Bertz CT molecular complexity index is 587. The zero-order valence-corrected chi connectivity index (χ0v) is 9.74. The lowest BCUT2D eigenvalue weighted by Gasteiger charge is -2.16. The first-order valence-electron chi connectivity index (χ1n) is 5.26. The Morgan fingerprint density at radius 1 is 1.33 bits per heavy atom. The molecule has 0 spiro atoms. The fourth-order valence-corrected chi connectivity index (χ4v) is 1.45. The van der Waals surface area contributed by atoms with Gasteiger partial charge in [-0.25, -0.2) is 4.98 Å². The van der Waals surface area contributed by atoms with Crippen molar-refractivity contribution in [3.8, 4) is 6.07 Å². The molecule has 0 unspecified atom stereocenters. The van der Waals surface area contributed by atoms with Crippen molar-refractivity contribution in [3.63, 3.8) is 0 Å². The van der Waals surface area contributed by atoms with Crippen LogP contribution >= 0.6 is 0 Å². The molecule has 0 atom stereocenters. The minimum atomic E-state index is -0.194. The molecule has 2 rings (SSSR count). The van der Waals surface area contributed by atoms with Crippen LogP contribution in [0.3, 0.4) is 0 Å². The smallest absolute Gasteiger partial charge is 0.259 e. The summed E-state index contributed by atoms with van der Waals surface area (Å²) in [4.78, 5) is 21.4. The van der Waals surface area contributed by atoms with Crippen LogP contribution in [-0.2, 0) is 0 Å². The van der Waals surface area contributed by atoms with Crippen LogP contribution in [0.15, 0.2) is 42.9 Å². The van der Waals surface area contributed by atoms with Crippen LogP contribution in [0, 0.1) is 11.3 Å². The van der Waals surface area contributed by atoms with E-state index in [1.54, 1.807) is 37.6 Å². The van der Waals surface area contributed by atoms with Crippen molar-refractivity contribution in [2.45, 2.75) is 0 Å². The van der Waals surface area contributed by atoms with E-state index in [0.29, 0.717) is 11.3 Å². The molecule has 5 heteroatoms. The highest BCUT2D eigenvalue weighted by Crippen LogP contribution is 2.13. The molecule has 0 saturated heterocycles. The molecular formula is C13H10N4O. The third-order valence-corrected chi connectivity index (χ3v) is 2.46. The molecule has 5 nitrogen and oxygen atoms in total. The van der Waals surface area contributed by atoms with Gasteiger partial charge in [0.2, 0.25) is 0 Å². The predicted molar refractivity (Wildman–Crippen MR) is 65.9 cm³/mol. The van der Waals surface area contributed by atoms with Crippen LogP contribution in [0.25, 0.3) is 0 Å². The number of amides is 1. The third-order valence-electron chi connectivity index (χ3n) is 2.46. The molecule has 88 valence electrons. The number of anilines is 1. The number of nitrogens with zero attached hydrogens (tertiary/aromatic N) is 4. The lowest BCUT2D eigenvalue weighted by molar-refractivity contribution is 0.0992. The maximum absolute atomic E-state index is 12.1. The summed E-state index contributed by atoms with van der Waals surface area (Å²) in [6.45, 7) is 0. The minimum absolute atomic E-state index is 0.194. The maximum atomic E-state index is 12.1. The fraction of sp³-hybridized carbons (Fsp3) is 0.0769. The standard InChI is InChI=1S/C13H10N4O/c1-17(12-3-2-6-15-9-12)13(18)10-4-5-11(7-14)16-8-10/h2-6,8-9H,1H3. The molecule has 0 aliphatic heterocycles. The number of aromatic nitrogens is 2. The van der Waals surface area contributed by atoms with Crippen molar-refractivity contribution in [1.29, 1.82) is 5.26 Å². The zero-order valence-electron chi connectivity index (χ0n) is 9.74. The van der Waals surface area contributed by atoms with Gasteiger partial charge in [0.25, 0.3) is 5.91 Å². The molecule has 2 aromatic rings. The Balaban J connectivity index is 2.23. The third kappa shape index (κ3) is 2.33. The lowest BCUT2D eigenvalue weighted by Crippen LogP contribution is -2.26. The van der Waals surface area contributed by atoms with E-state index in [1.165, 1.54) is 17.2 Å². The normalized spacial score (nSPS) is 9.56. The number of rotatable bonds is 2. The minimum Gasteiger partial charge on any atom is -0.310 e. The average molecular weight is 238 g/mol. The Morgan fingerprint density at radius 2 is 2.17 bits per heavy atom. The van der Waals surface area contributed by atoms with Crippen LogP contribution in [-0.4, -0.2) is 22.9 Å². The van der Waals surface area contributed by atoms with Gasteiger partial charge in [-0.2, -0.15) is 5.26 Å². The molecule has 0 aliphatic carbocycles. The van der Waals surface area contributed by atoms with Crippen LogP contribution < -0.4 is 4.90 Å². The van der Waals surface area contributed by atoms with Crippen LogP contribution in [0.4, 0.5) is 5.69 Å². The van der Waals surface area contributed by atoms with E-state index < -0.39 is 0 Å². The van der Waals surface area contributed by atoms with Gasteiger partial charge in [0, 0.05) is 19.4 Å². The van der Waals surface area contributed by atoms with Gasteiger partial charge in [-0.15, -0.1) is 0 Å². The average Bonchev–Trinajstić information content (AvgIpc) is 2.47. The van der Waals surface area contributed by atoms with Gasteiger partial charge < -0.3 is 4.90 Å². The van der Waals surface area contributed by atoms with Crippen molar-refractivity contribution >= 4 is 11.6 Å². The Hall–Kier alpha value is -2.74. The summed E-state index contributed by atoms with van der Waals surface area (Å²) in [5.74, 6) is -0.194. The number of carbonyl (C=O) groups excluding carboxylic acids is 1. The van der Waals surface area contributed by atoms with E-state index in [2.05, 4.69) is 9.97 Å². The summed E-state index contributed by atoms with van der Waals surface area (Å²) in [5.41, 5.74) is 1.42. The number of pyridine rings is 2. The summed E-state index contributed by atoms with van der Waals surface area (Å²) in [6.07, 6.45) is 4.65. The largest absolute Gasteiger partial charge is 0.310 e. The quantitative estimate of drug-likeness (QED) is 0.797. The molecular weight excluding hydrogens is 228 g/mol. The Kier molecular flexibility index (Phi) is 3.30. The van der Waals surface area contributed by atoms with Crippen molar-refractivity contribution in [3.05, 3.63) is 54.1 Å².